The number of fused-ring (bicyclic) bond motifs is 3. The van der Waals surface area contributed by atoms with Crippen LogP contribution in [0.5, 0.6) is 11.5 Å². The van der Waals surface area contributed by atoms with Crippen molar-refractivity contribution in [2.24, 2.45) is 0 Å². The molecule has 1 aliphatic carbocycles. The largest absolute Gasteiger partial charge is 0.376 e. The fourth-order valence-corrected chi connectivity index (χ4v) is 8.05. The number of rotatable bonds is 8. The molecule has 10 heteroatoms. The monoisotopic (exact) mass is 666 g/mol. The molecule has 0 aliphatic heterocycles. The Hall–Kier alpha value is -5.32. The third-order valence-corrected chi connectivity index (χ3v) is 10.6. The highest BCUT2D eigenvalue weighted by Gasteiger charge is 2.46. The van der Waals surface area contributed by atoms with Crippen molar-refractivity contribution >= 4 is 20.2 Å². The van der Waals surface area contributed by atoms with Crippen LogP contribution in [0.4, 0.5) is 8.78 Å². The van der Waals surface area contributed by atoms with E-state index in [1.54, 1.807) is 24.3 Å². The molecule has 0 saturated carbocycles. The molecule has 0 unspecified atom stereocenters. The summed E-state index contributed by atoms with van der Waals surface area (Å²) in [7, 11) is -8.66. The van der Waals surface area contributed by atoms with Crippen LogP contribution in [0.15, 0.2) is 155 Å². The van der Waals surface area contributed by atoms with Crippen LogP contribution in [0.25, 0.3) is 11.1 Å². The lowest BCUT2D eigenvalue weighted by Crippen LogP contribution is -2.29. The van der Waals surface area contributed by atoms with Crippen molar-refractivity contribution in [1.82, 2.24) is 0 Å². The second kappa shape index (κ2) is 11.5. The molecule has 0 atom stereocenters. The summed E-state index contributed by atoms with van der Waals surface area (Å²) >= 11 is 0. The van der Waals surface area contributed by atoms with Gasteiger partial charge in [-0.1, -0.05) is 97.1 Å². The molecular formula is C37H24F2O6S2. The first-order chi connectivity index (χ1) is 22.6. The Kier molecular flexibility index (Phi) is 7.41. The van der Waals surface area contributed by atoms with Crippen LogP contribution in [-0.4, -0.2) is 16.8 Å². The molecule has 6 nitrogen and oxygen atoms in total. The van der Waals surface area contributed by atoms with E-state index in [9.17, 15) is 16.8 Å². The van der Waals surface area contributed by atoms with Crippen molar-refractivity contribution in [3.8, 4) is 22.6 Å². The first-order valence-corrected chi connectivity index (χ1v) is 17.2. The van der Waals surface area contributed by atoms with E-state index in [4.69, 9.17) is 8.37 Å². The minimum atomic E-state index is -4.33. The number of benzene rings is 6. The van der Waals surface area contributed by atoms with Crippen LogP contribution in [0.1, 0.15) is 22.3 Å². The van der Waals surface area contributed by atoms with Gasteiger partial charge in [-0.3, -0.25) is 0 Å². The van der Waals surface area contributed by atoms with Crippen molar-refractivity contribution in [3.63, 3.8) is 0 Å². The lowest BCUT2D eigenvalue weighted by molar-refractivity contribution is 0.460. The maximum atomic E-state index is 15.9. The van der Waals surface area contributed by atoms with E-state index in [-0.39, 0.29) is 9.79 Å². The fraction of sp³-hybridized carbons (Fsp3) is 0.0270. The lowest BCUT2D eigenvalue weighted by atomic mass is 9.67. The normalized spacial score (nSPS) is 13.4. The number of hydrogen-bond donors (Lipinski definition) is 0. The minimum absolute atomic E-state index is 0.134. The van der Waals surface area contributed by atoms with E-state index in [1.165, 1.54) is 72.8 Å². The molecule has 0 saturated heterocycles. The molecule has 7 rings (SSSR count). The van der Waals surface area contributed by atoms with Crippen molar-refractivity contribution in [1.29, 1.82) is 0 Å². The van der Waals surface area contributed by atoms with Gasteiger partial charge in [0.05, 0.1) is 5.41 Å². The summed E-state index contributed by atoms with van der Waals surface area (Å²) in [6.45, 7) is 0. The van der Waals surface area contributed by atoms with Crippen molar-refractivity contribution in [2.45, 2.75) is 15.2 Å². The molecule has 0 spiro atoms. The first-order valence-electron chi connectivity index (χ1n) is 14.4. The Morgan fingerprint density at radius 2 is 0.809 bits per heavy atom. The van der Waals surface area contributed by atoms with Gasteiger partial charge in [-0.25, -0.2) is 8.78 Å². The Bertz CT molecular complexity index is 2190. The van der Waals surface area contributed by atoms with E-state index in [1.807, 2.05) is 48.5 Å². The van der Waals surface area contributed by atoms with Gasteiger partial charge in [-0.15, -0.1) is 0 Å². The summed E-state index contributed by atoms with van der Waals surface area (Å²) < 4.78 is 93.8. The van der Waals surface area contributed by atoms with Crippen LogP contribution in [0, 0.1) is 11.6 Å². The Labute approximate surface area is 270 Å². The van der Waals surface area contributed by atoms with Crippen molar-refractivity contribution < 1.29 is 34.0 Å². The highest BCUT2D eigenvalue weighted by atomic mass is 32.2. The second-order valence-corrected chi connectivity index (χ2v) is 13.9. The van der Waals surface area contributed by atoms with Gasteiger partial charge < -0.3 is 8.37 Å². The average Bonchev–Trinajstić information content (AvgIpc) is 3.38. The standard InChI is InChI=1S/C37H24F2O6S2/c38-33-23-25(19-21-35(33)44-46(40,41)27-11-3-1-4-12-27)37(31-17-9-7-15-29(31)30-16-8-10-18-32(30)37)26-20-22-36(34(39)24-26)45-47(42,43)28-13-5-2-6-14-28/h1-24H. The molecule has 0 heterocycles. The molecule has 0 amide bonds. The summed E-state index contributed by atoms with van der Waals surface area (Å²) in [5, 5.41) is 0. The molecule has 1 aliphatic rings. The maximum absolute atomic E-state index is 15.9. The third-order valence-electron chi connectivity index (χ3n) is 8.14. The summed E-state index contributed by atoms with van der Waals surface area (Å²) in [4.78, 5) is -0.267. The topological polar surface area (TPSA) is 86.7 Å². The second-order valence-electron chi connectivity index (χ2n) is 10.8. The summed E-state index contributed by atoms with van der Waals surface area (Å²) in [6.07, 6.45) is 0. The quantitative estimate of drug-likeness (QED) is 0.154. The predicted molar refractivity (Wildman–Crippen MR) is 172 cm³/mol. The molecule has 0 radical (unpaired) electrons. The Morgan fingerprint density at radius 3 is 1.19 bits per heavy atom. The van der Waals surface area contributed by atoms with Gasteiger partial charge in [-0.05, 0) is 81.9 Å². The van der Waals surface area contributed by atoms with Crippen LogP contribution < -0.4 is 8.37 Å². The van der Waals surface area contributed by atoms with Crippen LogP contribution in [-0.2, 0) is 25.7 Å². The van der Waals surface area contributed by atoms with E-state index in [2.05, 4.69) is 0 Å². The summed E-state index contributed by atoms with van der Waals surface area (Å²) in [5.74, 6) is -2.91. The molecule has 0 aromatic heterocycles. The smallest absolute Gasteiger partial charge is 0.339 e. The highest BCUT2D eigenvalue weighted by molar-refractivity contribution is 7.87. The van der Waals surface area contributed by atoms with E-state index >= 15 is 8.78 Å². The van der Waals surface area contributed by atoms with Gasteiger partial charge in [0.15, 0.2) is 23.1 Å². The third kappa shape index (κ3) is 5.15. The zero-order valence-corrected chi connectivity index (χ0v) is 26.0. The van der Waals surface area contributed by atoms with Gasteiger partial charge in [0.2, 0.25) is 0 Å². The van der Waals surface area contributed by atoms with Crippen LogP contribution >= 0.6 is 0 Å². The molecule has 0 N–H and O–H groups in total. The number of halogens is 2. The molecule has 234 valence electrons. The van der Waals surface area contributed by atoms with E-state index in [0.29, 0.717) is 11.1 Å². The lowest BCUT2D eigenvalue weighted by Gasteiger charge is -2.34. The average molecular weight is 667 g/mol. The maximum Gasteiger partial charge on any atom is 0.339 e. The van der Waals surface area contributed by atoms with Crippen molar-refractivity contribution in [2.75, 3.05) is 0 Å². The molecule has 0 bridgehead atoms. The van der Waals surface area contributed by atoms with Gasteiger partial charge in [0.25, 0.3) is 0 Å². The molecule has 6 aromatic carbocycles. The minimum Gasteiger partial charge on any atom is -0.376 e. The highest BCUT2D eigenvalue weighted by Crippen LogP contribution is 2.56. The molecular weight excluding hydrogens is 643 g/mol. The van der Waals surface area contributed by atoms with Crippen LogP contribution in [0.2, 0.25) is 0 Å². The molecule has 0 fully saturated rings. The molecule has 6 aromatic rings. The van der Waals surface area contributed by atoms with E-state index < -0.39 is 48.8 Å². The Morgan fingerprint density at radius 1 is 0.447 bits per heavy atom. The summed E-state index contributed by atoms with van der Waals surface area (Å²) in [6, 6.07) is 37.6. The van der Waals surface area contributed by atoms with Crippen molar-refractivity contribution in [3.05, 3.63) is 179 Å². The molecule has 47 heavy (non-hydrogen) atoms. The van der Waals surface area contributed by atoms with Gasteiger partial charge in [0, 0.05) is 0 Å². The first kappa shape index (κ1) is 30.3. The van der Waals surface area contributed by atoms with Gasteiger partial charge in [-0.2, -0.15) is 16.8 Å². The fourth-order valence-electron chi connectivity index (χ4n) is 6.13. The van der Waals surface area contributed by atoms with Crippen LogP contribution in [0.3, 0.4) is 0 Å². The zero-order chi connectivity index (χ0) is 32.8. The van der Waals surface area contributed by atoms with Gasteiger partial charge in [0.1, 0.15) is 9.79 Å². The van der Waals surface area contributed by atoms with E-state index in [0.717, 1.165) is 22.3 Å². The zero-order valence-electron chi connectivity index (χ0n) is 24.4. The number of hydrogen-bond acceptors (Lipinski definition) is 6. The predicted octanol–water partition coefficient (Wildman–Crippen LogP) is 7.86. The summed E-state index contributed by atoms with van der Waals surface area (Å²) in [5.41, 5.74) is 2.55. The van der Waals surface area contributed by atoms with Gasteiger partial charge >= 0.3 is 20.2 Å². The SMILES string of the molecule is O=S(=O)(Oc1ccc(C2(c3ccc(OS(=O)(=O)c4ccccc4)c(F)c3)c3ccccc3-c3ccccc32)cc1F)c1ccccc1. The Balaban J connectivity index is 1.38.